The fraction of sp³-hybridized carbons (Fsp3) is 0.238. The number of carbonyl (C=O) groups excluding carboxylic acids is 2. The first-order valence-corrected chi connectivity index (χ1v) is 11.1. The molecule has 1 atom stereocenters. The summed E-state index contributed by atoms with van der Waals surface area (Å²) in [6.07, 6.45) is 7.61. The largest absolute Gasteiger partial charge is 0.350 e. The average Bonchev–Trinajstić information content (AvgIpc) is 3.30. The van der Waals surface area contributed by atoms with Crippen molar-refractivity contribution in [1.29, 1.82) is 0 Å². The second-order valence-corrected chi connectivity index (χ2v) is 7.87. The lowest BCUT2D eigenvalue weighted by molar-refractivity contribution is -0.123. The van der Waals surface area contributed by atoms with E-state index in [1.165, 1.54) is 0 Å². The van der Waals surface area contributed by atoms with Gasteiger partial charge in [0, 0.05) is 25.1 Å². The first-order chi connectivity index (χ1) is 14.6. The van der Waals surface area contributed by atoms with Gasteiger partial charge in [-0.15, -0.1) is 0 Å². The van der Waals surface area contributed by atoms with Gasteiger partial charge in [0.1, 0.15) is 6.04 Å². The van der Waals surface area contributed by atoms with Crippen molar-refractivity contribution in [2.45, 2.75) is 19.0 Å². The second-order valence-electron chi connectivity index (χ2n) is 6.48. The van der Waals surface area contributed by atoms with E-state index in [1.807, 2.05) is 24.5 Å². The van der Waals surface area contributed by atoms with Crippen molar-refractivity contribution in [2.75, 3.05) is 12.0 Å². The number of carbonyl (C=O) groups is 2. The summed E-state index contributed by atoms with van der Waals surface area (Å²) in [6.45, 7) is 0.313. The minimum Gasteiger partial charge on any atom is -0.350 e. The van der Waals surface area contributed by atoms with Gasteiger partial charge in [-0.1, -0.05) is 23.7 Å². The molecule has 2 heterocycles. The van der Waals surface area contributed by atoms with Crippen molar-refractivity contribution in [3.63, 3.8) is 0 Å². The second kappa shape index (κ2) is 10.8. The molecule has 1 aromatic carbocycles. The zero-order chi connectivity index (χ0) is 21.3. The molecule has 0 aliphatic carbocycles. The van der Waals surface area contributed by atoms with E-state index in [-0.39, 0.29) is 11.8 Å². The third kappa shape index (κ3) is 5.84. The molecule has 156 valence electrons. The van der Waals surface area contributed by atoms with E-state index in [1.54, 1.807) is 59.3 Å². The number of pyridine rings is 1. The fourth-order valence-electron chi connectivity index (χ4n) is 2.80. The van der Waals surface area contributed by atoms with Crippen LogP contribution in [-0.4, -0.2) is 44.6 Å². The van der Waals surface area contributed by atoms with Crippen molar-refractivity contribution >= 4 is 35.2 Å². The number of aromatic nitrogens is 3. The van der Waals surface area contributed by atoms with Gasteiger partial charge in [0.2, 0.25) is 5.91 Å². The Balaban J connectivity index is 1.65. The molecule has 2 amide bonds. The number of halogens is 1. The normalized spacial score (nSPS) is 11.7. The van der Waals surface area contributed by atoms with Crippen LogP contribution >= 0.6 is 23.4 Å². The van der Waals surface area contributed by atoms with Crippen LogP contribution in [0.5, 0.6) is 0 Å². The predicted molar refractivity (Wildman–Crippen MR) is 119 cm³/mol. The Morgan fingerprint density at radius 1 is 1.20 bits per heavy atom. The molecule has 0 bridgehead atoms. The highest BCUT2D eigenvalue weighted by Crippen LogP contribution is 2.15. The minimum atomic E-state index is -0.659. The Kier molecular flexibility index (Phi) is 7.87. The van der Waals surface area contributed by atoms with E-state index < -0.39 is 6.04 Å². The van der Waals surface area contributed by atoms with Crippen molar-refractivity contribution in [2.24, 2.45) is 0 Å². The highest BCUT2D eigenvalue weighted by atomic mass is 35.5. The lowest BCUT2D eigenvalue weighted by Gasteiger charge is -2.18. The Hall–Kier alpha value is -2.84. The Bertz CT molecular complexity index is 997. The predicted octanol–water partition coefficient (Wildman–Crippen LogP) is 3.09. The van der Waals surface area contributed by atoms with E-state index in [0.717, 1.165) is 11.3 Å². The van der Waals surface area contributed by atoms with E-state index in [2.05, 4.69) is 20.7 Å². The van der Waals surface area contributed by atoms with Gasteiger partial charge in [-0.2, -0.15) is 16.9 Å². The van der Waals surface area contributed by atoms with Crippen molar-refractivity contribution < 1.29 is 9.59 Å². The van der Waals surface area contributed by atoms with Crippen LogP contribution in [0.1, 0.15) is 22.3 Å². The number of amides is 2. The van der Waals surface area contributed by atoms with Crippen LogP contribution < -0.4 is 10.6 Å². The monoisotopic (exact) mass is 443 g/mol. The van der Waals surface area contributed by atoms with Gasteiger partial charge < -0.3 is 10.6 Å². The van der Waals surface area contributed by atoms with Gasteiger partial charge in [-0.05, 0) is 54.3 Å². The molecule has 0 spiro atoms. The molecule has 3 aromatic rings. The summed E-state index contributed by atoms with van der Waals surface area (Å²) in [5.41, 5.74) is 1.23. The third-order valence-electron chi connectivity index (χ3n) is 4.37. The Labute approximate surface area is 184 Å². The quantitative estimate of drug-likeness (QED) is 0.530. The third-order valence-corrected chi connectivity index (χ3v) is 5.34. The van der Waals surface area contributed by atoms with E-state index in [0.29, 0.717) is 29.4 Å². The van der Waals surface area contributed by atoms with Crippen LogP contribution in [0.4, 0.5) is 0 Å². The molecule has 2 N–H and O–H groups in total. The maximum absolute atomic E-state index is 12.8. The van der Waals surface area contributed by atoms with Gasteiger partial charge in [0.25, 0.3) is 5.91 Å². The van der Waals surface area contributed by atoms with Crippen LogP contribution in [-0.2, 0) is 11.3 Å². The molecule has 0 fully saturated rings. The maximum atomic E-state index is 12.8. The van der Waals surface area contributed by atoms with Gasteiger partial charge in [-0.25, -0.2) is 9.67 Å². The summed E-state index contributed by atoms with van der Waals surface area (Å²) in [6, 6.07) is 11.6. The molecule has 30 heavy (non-hydrogen) atoms. The van der Waals surface area contributed by atoms with Gasteiger partial charge in [-0.3, -0.25) is 9.59 Å². The summed E-state index contributed by atoms with van der Waals surface area (Å²) in [5, 5.41) is 10.2. The summed E-state index contributed by atoms with van der Waals surface area (Å²) in [7, 11) is 0. The minimum absolute atomic E-state index is 0.248. The number of nitrogens with zero attached hydrogens (tertiary/aromatic N) is 3. The van der Waals surface area contributed by atoms with Crippen molar-refractivity contribution in [3.8, 4) is 5.82 Å². The van der Waals surface area contributed by atoms with Gasteiger partial charge in [0.05, 0.1) is 10.6 Å². The van der Waals surface area contributed by atoms with Crippen LogP contribution in [0.3, 0.4) is 0 Å². The zero-order valence-corrected chi connectivity index (χ0v) is 18.0. The molecule has 2 aromatic heterocycles. The molecule has 9 heteroatoms. The maximum Gasteiger partial charge on any atom is 0.253 e. The summed E-state index contributed by atoms with van der Waals surface area (Å²) in [4.78, 5) is 29.7. The van der Waals surface area contributed by atoms with Crippen molar-refractivity contribution in [3.05, 3.63) is 77.2 Å². The molecule has 3 rings (SSSR count). The number of hydrogen-bond acceptors (Lipinski definition) is 5. The van der Waals surface area contributed by atoms with E-state index in [9.17, 15) is 9.59 Å². The first kappa shape index (κ1) is 21.9. The Morgan fingerprint density at radius 3 is 2.77 bits per heavy atom. The highest BCUT2D eigenvalue weighted by molar-refractivity contribution is 7.98. The summed E-state index contributed by atoms with van der Waals surface area (Å²) in [5.74, 6) is 0.783. The highest BCUT2D eigenvalue weighted by Gasteiger charge is 2.22. The van der Waals surface area contributed by atoms with Crippen molar-refractivity contribution in [1.82, 2.24) is 25.4 Å². The van der Waals surface area contributed by atoms with Crippen LogP contribution in [0.15, 0.2) is 61.1 Å². The molecule has 1 unspecified atom stereocenters. The van der Waals surface area contributed by atoms with E-state index in [4.69, 9.17) is 11.6 Å². The number of rotatable bonds is 9. The number of hydrogen-bond donors (Lipinski definition) is 2. The summed E-state index contributed by atoms with van der Waals surface area (Å²) < 4.78 is 1.65. The molecule has 0 aliphatic heterocycles. The molecule has 7 nitrogen and oxygen atoms in total. The molecule has 0 aliphatic rings. The lowest BCUT2D eigenvalue weighted by Crippen LogP contribution is -2.47. The summed E-state index contributed by atoms with van der Waals surface area (Å²) >= 11 is 7.72. The topological polar surface area (TPSA) is 88.9 Å². The standard InChI is InChI=1S/C21H22ClN5O2S/c1-30-12-8-18(26-20(28)16-5-2-3-6-17(16)22)21(29)24-14-15-7-10-23-19(13-15)27-11-4-9-25-27/h2-7,9-11,13,18H,8,12,14H2,1H3,(H,24,29)(H,26,28). The molecule has 0 saturated carbocycles. The van der Waals surface area contributed by atoms with Gasteiger partial charge in [0.15, 0.2) is 5.82 Å². The molecular formula is C21H22ClN5O2S. The number of nitrogens with one attached hydrogen (secondary N) is 2. The zero-order valence-electron chi connectivity index (χ0n) is 16.4. The Morgan fingerprint density at radius 2 is 2.03 bits per heavy atom. The van der Waals surface area contributed by atoms with Crippen LogP contribution in [0.2, 0.25) is 5.02 Å². The number of benzene rings is 1. The van der Waals surface area contributed by atoms with Crippen LogP contribution in [0, 0.1) is 0 Å². The smallest absolute Gasteiger partial charge is 0.253 e. The SMILES string of the molecule is CSCCC(NC(=O)c1ccccc1Cl)C(=O)NCc1ccnc(-n2cccn2)c1. The van der Waals surface area contributed by atoms with Crippen LogP contribution in [0.25, 0.3) is 5.82 Å². The number of thioether (sulfide) groups is 1. The molecule has 0 radical (unpaired) electrons. The fourth-order valence-corrected chi connectivity index (χ4v) is 3.49. The molecular weight excluding hydrogens is 422 g/mol. The van der Waals surface area contributed by atoms with Gasteiger partial charge >= 0.3 is 0 Å². The first-order valence-electron chi connectivity index (χ1n) is 9.35. The molecule has 0 saturated heterocycles. The van der Waals surface area contributed by atoms with E-state index >= 15 is 0 Å². The average molecular weight is 444 g/mol. The lowest BCUT2D eigenvalue weighted by atomic mass is 10.1.